The average molecular weight is 253 g/mol. The van der Waals surface area contributed by atoms with Crippen LogP contribution in [0.5, 0.6) is 0 Å². The summed E-state index contributed by atoms with van der Waals surface area (Å²) in [5.41, 5.74) is 0.155. The Bertz CT molecular complexity index is 270. The van der Waals surface area contributed by atoms with Crippen molar-refractivity contribution >= 4 is 0 Å². The number of hydrogen-bond donors (Lipinski definition) is 1. The van der Waals surface area contributed by atoms with Gasteiger partial charge in [0.25, 0.3) is 0 Å². The number of rotatable bonds is 2. The van der Waals surface area contributed by atoms with Gasteiger partial charge < -0.3 is 9.84 Å². The Hall–Kier alpha value is -0.120. The maximum atomic E-state index is 10.5. The Morgan fingerprint density at radius 2 is 1.50 bits per heavy atom. The molecule has 3 aliphatic rings. The molecule has 0 aromatic heterocycles. The molecule has 104 valence electrons. The lowest BCUT2D eigenvalue weighted by Gasteiger charge is -2.53. The van der Waals surface area contributed by atoms with Crippen LogP contribution in [-0.2, 0) is 4.74 Å². The Balaban J connectivity index is 1.49. The Kier molecular flexibility index (Phi) is 3.65. The topological polar surface area (TPSA) is 32.7 Å². The zero-order valence-electron chi connectivity index (χ0n) is 11.5. The molecule has 1 spiro atoms. The summed E-state index contributed by atoms with van der Waals surface area (Å²) in [5.74, 6) is 0. The number of aliphatic hydroxyl groups is 1. The SMILES string of the molecule is OC1(CN2CC3(CCCCCC3)C2)CCOCC1. The van der Waals surface area contributed by atoms with Crippen molar-refractivity contribution < 1.29 is 9.84 Å². The summed E-state index contributed by atoms with van der Waals surface area (Å²) >= 11 is 0. The fourth-order valence-electron chi connectivity index (χ4n) is 4.13. The van der Waals surface area contributed by atoms with Crippen molar-refractivity contribution in [1.82, 2.24) is 4.90 Å². The van der Waals surface area contributed by atoms with Gasteiger partial charge in [-0.05, 0) is 18.3 Å². The Labute approximate surface area is 110 Å². The minimum absolute atomic E-state index is 0.468. The van der Waals surface area contributed by atoms with E-state index in [1.807, 2.05) is 0 Å². The summed E-state index contributed by atoms with van der Waals surface area (Å²) in [7, 11) is 0. The molecule has 1 aliphatic carbocycles. The van der Waals surface area contributed by atoms with Crippen LogP contribution < -0.4 is 0 Å². The quantitative estimate of drug-likeness (QED) is 0.819. The molecular weight excluding hydrogens is 226 g/mol. The van der Waals surface area contributed by atoms with Gasteiger partial charge in [0, 0.05) is 45.7 Å². The average Bonchev–Trinajstić information content (AvgIpc) is 2.55. The van der Waals surface area contributed by atoms with Gasteiger partial charge in [-0.2, -0.15) is 0 Å². The van der Waals surface area contributed by atoms with Crippen molar-refractivity contribution in [1.29, 1.82) is 0 Å². The fourth-order valence-corrected chi connectivity index (χ4v) is 4.13. The molecule has 2 heterocycles. The van der Waals surface area contributed by atoms with Crippen LogP contribution in [0.3, 0.4) is 0 Å². The third-order valence-corrected chi connectivity index (χ3v) is 5.22. The van der Waals surface area contributed by atoms with Gasteiger partial charge in [0.2, 0.25) is 0 Å². The Morgan fingerprint density at radius 3 is 2.11 bits per heavy atom. The lowest BCUT2D eigenvalue weighted by atomic mass is 9.73. The molecular formula is C15H27NO2. The largest absolute Gasteiger partial charge is 0.388 e. The van der Waals surface area contributed by atoms with Crippen molar-refractivity contribution in [2.45, 2.75) is 57.0 Å². The predicted octanol–water partition coefficient (Wildman–Crippen LogP) is 2.18. The van der Waals surface area contributed by atoms with E-state index in [0.717, 1.165) is 32.6 Å². The van der Waals surface area contributed by atoms with E-state index >= 15 is 0 Å². The van der Waals surface area contributed by atoms with E-state index < -0.39 is 5.60 Å². The minimum atomic E-state index is -0.468. The van der Waals surface area contributed by atoms with Gasteiger partial charge in [-0.25, -0.2) is 0 Å². The number of hydrogen-bond acceptors (Lipinski definition) is 3. The molecule has 1 N–H and O–H groups in total. The van der Waals surface area contributed by atoms with Crippen molar-refractivity contribution in [3.63, 3.8) is 0 Å². The monoisotopic (exact) mass is 253 g/mol. The molecule has 0 radical (unpaired) electrons. The van der Waals surface area contributed by atoms with E-state index in [1.54, 1.807) is 0 Å². The van der Waals surface area contributed by atoms with Crippen LogP contribution in [0.1, 0.15) is 51.4 Å². The van der Waals surface area contributed by atoms with Crippen molar-refractivity contribution in [2.24, 2.45) is 5.41 Å². The highest BCUT2D eigenvalue weighted by Gasteiger charge is 2.45. The molecule has 18 heavy (non-hydrogen) atoms. The molecule has 0 unspecified atom stereocenters. The first-order valence-corrected chi connectivity index (χ1v) is 7.72. The maximum Gasteiger partial charge on any atom is 0.0817 e. The second-order valence-corrected chi connectivity index (χ2v) is 6.90. The van der Waals surface area contributed by atoms with Crippen LogP contribution in [0.15, 0.2) is 0 Å². The lowest BCUT2D eigenvalue weighted by molar-refractivity contribution is -0.113. The van der Waals surface area contributed by atoms with Crippen molar-refractivity contribution in [3.8, 4) is 0 Å². The van der Waals surface area contributed by atoms with E-state index in [2.05, 4.69) is 4.90 Å². The van der Waals surface area contributed by atoms with Crippen LogP contribution in [-0.4, -0.2) is 48.5 Å². The molecule has 0 amide bonds. The molecule has 0 aromatic rings. The summed E-state index contributed by atoms with van der Waals surface area (Å²) in [6.07, 6.45) is 10.2. The third kappa shape index (κ3) is 2.73. The smallest absolute Gasteiger partial charge is 0.0817 e. The molecule has 3 rings (SSSR count). The molecule has 0 aromatic carbocycles. The van der Waals surface area contributed by atoms with Gasteiger partial charge in [0.15, 0.2) is 0 Å². The van der Waals surface area contributed by atoms with Gasteiger partial charge in [-0.15, -0.1) is 0 Å². The molecule has 0 atom stereocenters. The normalized spacial score (nSPS) is 31.8. The van der Waals surface area contributed by atoms with E-state index in [1.165, 1.54) is 51.6 Å². The number of nitrogens with zero attached hydrogens (tertiary/aromatic N) is 1. The van der Waals surface area contributed by atoms with Crippen LogP contribution in [0, 0.1) is 5.41 Å². The van der Waals surface area contributed by atoms with Gasteiger partial charge >= 0.3 is 0 Å². The summed E-state index contributed by atoms with van der Waals surface area (Å²) in [5, 5.41) is 10.5. The molecule has 2 saturated heterocycles. The zero-order chi connectivity index (χ0) is 12.5. The molecule has 3 nitrogen and oxygen atoms in total. The first kappa shape index (κ1) is 12.9. The zero-order valence-corrected chi connectivity index (χ0v) is 11.5. The van der Waals surface area contributed by atoms with Crippen LogP contribution in [0.25, 0.3) is 0 Å². The highest BCUT2D eigenvalue weighted by atomic mass is 16.5. The third-order valence-electron chi connectivity index (χ3n) is 5.22. The lowest BCUT2D eigenvalue weighted by Crippen LogP contribution is -2.60. The van der Waals surface area contributed by atoms with E-state index in [9.17, 15) is 5.11 Å². The first-order valence-electron chi connectivity index (χ1n) is 7.72. The fraction of sp³-hybridized carbons (Fsp3) is 1.00. The second-order valence-electron chi connectivity index (χ2n) is 6.90. The minimum Gasteiger partial charge on any atom is -0.388 e. The van der Waals surface area contributed by atoms with Gasteiger partial charge in [0.05, 0.1) is 5.60 Å². The highest BCUT2D eigenvalue weighted by Crippen LogP contribution is 2.43. The predicted molar refractivity (Wildman–Crippen MR) is 71.6 cm³/mol. The molecule has 2 aliphatic heterocycles. The maximum absolute atomic E-state index is 10.5. The van der Waals surface area contributed by atoms with Crippen LogP contribution in [0.2, 0.25) is 0 Å². The van der Waals surface area contributed by atoms with Crippen molar-refractivity contribution in [2.75, 3.05) is 32.8 Å². The summed E-state index contributed by atoms with van der Waals surface area (Å²) in [6.45, 7) is 4.80. The summed E-state index contributed by atoms with van der Waals surface area (Å²) in [6, 6.07) is 0. The summed E-state index contributed by atoms with van der Waals surface area (Å²) < 4.78 is 5.35. The molecule has 1 saturated carbocycles. The molecule has 3 heteroatoms. The Morgan fingerprint density at radius 1 is 0.889 bits per heavy atom. The van der Waals surface area contributed by atoms with Crippen molar-refractivity contribution in [3.05, 3.63) is 0 Å². The number of likely N-dealkylation sites (tertiary alicyclic amines) is 1. The first-order chi connectivity index (χ1) is 8.70. The van der Waals surface area contributed by atoms with Gasteiger partial charge in [-0.3, -0.25) is 4.90 Å². The highest BCUT2D eigenvalue weighted by molar-refractivity contribution is 4.98. The van der Waals surface area contributed by atoms with Crippen LogP contribution >= 0.6 is 0 Å². The van der Waals surface area contributed by atoms with E-state index in [4.69, 9.17) is 4.74 Å². The van der Waals surface area contributed by atoms with Gasteiger partial charge in [0.1, 0.15) is 0 Å². The van der Waals surface area contributed by atoms with Crippen LogP contribution in [0.4, 0.5) is 0 Å². The van der Waals surface area contributed by atoms with E-state index in [-0.39, 0.29) is 0 Å². The number of β-amino-alcohol motifs (C(OH)–C–C–N with tert-alkyl or cyclic N) is 1. The molecule has 3 fully saturated rings. The van der Waals surface area contributed by atoms with E-state index in [0.29, 0.717) is 5.41 Å². The molecule has 0 bridgehead atoms. The summed E-state index contributed by atoms with van der Waals surface area (Å²) in [4.78, 5) is 2.48. The second kappa shape index (κ2) is 5.10. The number of ether oxygens (including phenoxy) is 1. The standard InChI is InChI=1S/C15H27NO2/c17-15(7-9-18-10-8-15)13-16-11-14(12-16)5-3-1-2-4-6-14/h17H,1-13H2. The van der Waals surface area contributed by atoms with Gasteiger partial charge in [-0.1, -0.05) is 25.7 Å².